The van der Waals surface area contributed by atoms with Crippen LogP contribution in [-0.4, -0.2) is 16.0 Å². The number of nitrogens with one attached hydrogen (secondary N) is 1. The van der Waals surface area contributed by atoms with Crippen LogP contribution >= 0.6 is 0 Å². The molecule has 2 atom stereocenters. The maximum Gasteiger partial charge on any atom is 0.222 e. The van der Waals surface area contributed by atoms with E-state index in [1.54, 1.807) is 12.4 Å². The minimum atomic E-state index is 0.662. The highest BCUT2D eigenvalue weighted by atomic mass is 15.1. The van der Waals surface area contributed by atoms with Crippen molar-refractivity contribution in [1.29, 1.82) is 0 Å². The van der Waals surface area contributed by atoms with E-state index in [-0.39, 0.29) is 0 Å². The lowest BCUT2D eigenvalue weighted by atomic mass is 10.3. The highest BCUT2D eigenvalue weighted by Crippen LogP contribution is 2.50. The summed E-state index contributed by atoms with van der Waals surface area (Å²) in [6, 6.07) is 2.51. The molecule has 0 aromatic carbocycles. The fourth-order valence-electron chi connectivity index (χ4n) is 1.97. The molecule has 3 nitrogen and oxygen atoms in total. The lowest BCUT2D eigenvalue weighted by Gasteiger charge is -2.01. The van der Waals surface area contributed by atoms with Crippen molar-refractivity contribution in [3.63, 3.8) is 0 Å². The Hall–Kier alpha value is -1.12. The summed E-state index contributed by atoms with van der Waals surface area (Å²) in [4.78, 5) is 8.30. The molecule has 0 spiro atoms. The molecule has 2 aliphatic rings. The summed E-state index contributed by atoms with van der Waals surface area (Å²) < 4.78 is 0. The van der Waals surface area contributed by atoms with E-state index in [9.17, 15) is 0 Å². The highest BCUT2D eigenvalue weighted by molar-refractivity contribution is 5.28. The summed E-state index contributed by atoms with van der Waals surface area (Å²) in [6.45, 7) is 0. The summed E-state index contributed by atoms with van der Waals surface area (Å²) in [6.07, 6.45) is 7.77. The Morgan fingerprint density at radius 1 is 1.23 bits per heavy atom. The maximum atomic E-state index is 4.15. The molecule has 0 radical (unpaired) electrons. The monoisotopic (exact) mass is 175 g/mol. The van der Waals surface area contributed by atoms with Gasteiger partial charge in [-0.15, -0.1) is 0 Å². The minimum absolute atomic E-state index is 0.662. The van der Waals surface area contributed by atoms with Crippen LogP contribution in [0.2, 0.25) is 0 Å². The van der Waals surface area contributed by atoms with E-state index < -0.39 is 0 Å². The Morgan fingerprint density at radius 3 is 2.69 bits per heavy atom. The normalized spacial score (nSPS) is 31.4. The van der Waals surface area contributed by atoms with E-state index in [1.165, 1.54) is 19.3 Å². The second kappa shape index (κ2) is 2.69. The quantitative estimate of drug-likeness (QED) is 0.759. The van der Waals surface area contributed by atoms with Crippen molar-refractivity contribution in [3.8, 4) is 0 Å². The first-order valence-corrected chi connectivity index (χ1v) is 4.97. The van der Waals surface area contributed by atoms with Crippen LogP contribution in [0.25, 0.3) is 0 Å². The standard InChI is InChI=1S/C10H13N3/c1-4-11-10(12-5-1)13-9-6-8(9)7-2-3-7/h1,4-5,7-9H,2-3,6H2,(H,11,12,13)/t8-,9+/m0/s1. The first kappa shape index (κ1) is 7.30. The van der Waals surface area contributed by atoms with Gasteiger partial charge in [0.1, 0.15) is 0 Å². The van der Waals surface area contributed by atoms with Gasteiger partial charge >= 0.3 is 0 Å². The fourth-order valence-corrected chi connectivity index (χ4v) is 1.97. The molecular formula is C10H13N3. The summed E-state index contributed by atoms with van der Waals surface area (Å²) in [5.41, 5.74) is 0. The number of nitrogens with zero attached hydrogens (tertiary/aromatic N) is 2. The Bertz CT molecular complexity index is 294. The Labute approximate surface area is 77.6 Å². The van der Waals surface area contributed by atoms with E-state index in [4.69, 9.17) is 0 Å². The lowest BCUT2D eigenvalue weighted by Crippen LogP contribution is -2.07. The van der Waals surface area contributed by atoms with Gasteiger partial charge in [0.2, 0.25) is 5.95 Å². The van der Waals surface area contributed by atoms with E-state index in [0.717, 1.165) is 17.8 Å². The first-order valence-electron chi connectivity index (χ1n) is 4.97. The van der Waals surface area contributed by atoms with Crippen molar-refractivity contribution in [2.45, 2.75) is 25.3 Å². The zero-order chi connectivity index (χ0) is 8.67. The van der Waals surface area contributed by atoms with Crippen molar-refractivity contribution in [2.24, 2.45) is 11.8 Å². The van der Waals surface area contributed by atoms with Gasteiger partial charge in [0.15, 0.2) is 0 Å². The van der Waals surface area contributed by atoms with Crippen LogP contribution in [-0.2, 0) is 0 Å². The van der Waals surface area contributed by atoms with E-state index >= 15 is 0 Å². The second-order valence-corrected chi connectivity index (χ2v) is 4.06. The largest absolute Gasteiger partial charge is 0.351 e. The molecule has 1 aromatic rings. The molecule has 0 bridgehead atoms. The molecule has 3 heteroatoms. The van der Waals surface area contributed by atoms with Crippen LogP contribution in [0.1, 0.15) is 19.3 Å². The number of aromatic nitrogens is 2. The molecule has 2 fully saturated rings. The van der Waals surface area contributed by atoms with Crippen molar-refractivity contribution >= 4 is 5.95 Å². The first-order chi connectivity index (χ1) is 6.43. The van der Waals surface area contributed by atoms with Gasteiger partial charge in [-0.1, -0.05) is 0 Å². The van der Waals surface area contributed by atoms with Crippen LogP contribution in [0, 0.1) is 11.8 Å². The van der Waals surface area contributed by atoms with Crippen molar-refractivity contribution in [2.75, 3.05) is 5.32 Å². The van der Waals surface area contributed by atoms with Crippen molar-refractivity contribution < 1.29 is 0 Å². The van der Waals surface area contributed by atoms with Gasteiger partial charge in [-0.05, 0) is 37.2 Å². The Morgan fingerprint density at radius 2 is 2.00 bits per heavy atom. The molecule has 68 valence electrons. The van der Waals surface area contributed by atoms with Gasteiger partial charge in [0.05, 0.1) is 0 Å². The molecule has 0 unspecified atom stereocenters. The molecule has 3 rings (SSSR count). The van der Waals surface area contributed by atoms with Crippen LogP contribution in [0.4, 0.5) is 5.95 Å². The molecule has 1 heterocycles. The topological polar surface area (TPSA) is 37.8 Å². The molecule has 13 heavy (non-hydrogen) atoms. The van der Waals surface area contributed by atoms with Crippen molar-refractivity contribution in [3.05, 3.63) is 18.5 Å². The molecule has 0 amide bonds. The van der Waals surface area contributed by atoms with Gasteiger partial charge in [-0.3, -0.25) is 0 Å². The Kier molecular flexibility index (Phi) is 1.51. The molecule has 2 aliphatic carbocycles. The molecule has 1 aromatic heterocycles. The highest BCUT2D eigenvalue weighted by Gasteiger charge is 2.47. The van der Waals surface area contributed by atoms with Crippen LogP contribution in [0.3, 0.4) is 0 Å². The SMILES string of the molecule is c1cnc(N[C@@H]2C[C@H]2C2CC2)nc1. The average molecular weight is 175 g/mol. The zero-order valence-corrected chi connectivity index (χ0v) is 7.48. The second-order valence-electron chi connectivity index (χ2n) is 4.06. The minimum Gasteiger partial charge on any atom is -0.351 e. The molecule has 1 N–H and O–H groups in total. The number of rotatable bonds is 3. The number of hydrogen-bond acceptors (Lipinski definition) is 3. The molecular weight excluding hydrogens is 162 g/mol. The third-order valence-electron chi connectivity index (χ3n) is 2.95. The van der Waals surface area contributed by atoms with E-state index in [0.29, 0.717) is 6.04 Å². The van der Waals surface area contributed by atoms with Crippen LogP contribution in [0.5, 0.6) is 0 Å². The van der Waals surface area contributed by atoms with Gasteiger partial charge in [-0.2, -0.15) is 0 Å². The fraction of sp³-hybridized carbons (Fsp3) is 0.600. The average Bonchev–Trinajstić information content (AvgIpc) is 2.99. The lowest BCUT2D eigenvalue weighted by molar-refractivity contribution is 0.695. The summed E-state index contributed by atoms with van der Waals surface area (Å²) in [5.74, 6) is 2.72. The smallest absolute Gasteiger partial charge is 0.222 e. The van der Waals surface area contributed by atoms with Crippen LogP contribution in [0.15, 0.2) is 18.5 Å². The van der Waals surface area contributed by atoms with Gasteiger partial charge in [-0.25, -0.2) is 9.97 Å². The molecule has 0 aliphatic heterocycles. The number of hydrogen-bond donors (Lipinski definition) is 1. The zero-order valence-electron chi connectivity index (χ0n) is 7.48. The van der Waals surface area contributed by atoms with E-state index in [2.05, 4.69) is 15.3 Å². The summed E-state index contributed by atoms with van der Waals surface area (Å²) in [7, 11) is 0. The van der Waals surface area contributed by atoms with Crippen LogP contribution < -0.4 is 5.32 Å². The van der Waals surface area contributed by atoms with Gasteiger partial charge < -0.3 is 5.32 Å². The van der Waals surface area contributed by atoms with E-state index in [1.807, 2.05) is 6.07 Å². The Balaban J connectivity index is 1.59. The number of anilines is 1. The summed E-state index contributed by atoms with van der Waals surface area (Å²) in [5, 5.41) is 3.37. The summed E-state index contributed by atoms with van der Waals surface area (Å²) >= 11 is 0. The third-order valence-corrected chi connectivity index (χ3v) is 2.95. The molecule has 2 saturated carbocycles. The molecule has 0 saturated heterocycles. The predicted molar refractivity (Wildman–Crippen MR) is 50.3 cm³/mol. The maximum absolute atomic E-state index is 4.15. The van der Waals surface area contributed by atoms with Gasteiger partial charge in [0, 0.05) is 18.4 Å². The van der Waals surface area contributed by atoms with Crippen molar-refractivity contribution in [1.82, 2.24) is 9.97 Å². The van der Waals surface area contributed by atoms with Gasteiger partial charge in [0.25, 0.3) is 0 Å². The third kappa shape index (κ3) is 1.50. The predicted octanol–water partition coefficient (Wildman–Crippen LogP) is 1.69.